The maximum absolute atomic E-state index is 13.1. The van der Waals surface area contributed by atoms with Gasteiger partial charge in [-0.2, -0.15) is 13.2 Å². The van der Waals surface area contributed by atoms with Gasteiger partial charge in [0.15, 0.2) is 5.65 Å². The van der Waals surface area contributed by atoms with Crippen molar-refractivity contribution in [1.29, 1.82) is 0 Å². The fourth-order valence-electron chi connectivity index (χ4n) is 4.39. The van der Waals surface area contributed by atoms with Crippen LogP contribution in [0.15, 0.2) is 18.3 Å². The van der Waals surface area contributed by atoms with Crippen molar-refractivity contribution in [1.82, 2.24) is 24.4 Å². The zero-order valence-corrected chi connectivity index (χ0v) is 17.1. The number of carbonyl (C=O) groups is 1. The van der Waals surface area contributed by atoms with Gasteiger partial charge in [0.25, 0.3) is 0 Å². The Kier molecular flexibility index (Phi) is 5.86. The second-order valence-corrected chi connectivity index (χ2v) is 8.10. The zero-order valence-electron chi connectivity index (χ0n) is 17.1. The number of aromatic nitrogens is 3. The number of halogens is 3. The maximum atomic E-state index is 13.1. The minimum Gasteiger partial charge on any atom is -0.340 e. The van der Waals surface area contributed by atoms with Gasteiger partial charge >= 0.3 is 6.18 Å². The Morgan fingerprint density at radius 1 is 1.13 bits per heavy atom. The van der Waals surface area contributed by atoms with Crippen LogP contribution in [-0.4, -0.2) is 76.1 Å². The van der Waals surface area contributed by atoms with Crippen molar-refractivity contribution >= 4 is 17.5 Å². The summed E-state index contributed by atoms with van der Waals surface area (Å²) in [7, 11) is 0. The smallest absolute Gasteiger partial charge is 0.340 e. The molecule has 1 amide bonds. The van der Waals surface area contributed by atoms with Gasteiger partial charge in [-0.1, -0.05) is 6.92 Å². The quantitative estimate of drug-likeness (QED) is 0.755. The molecule has 0 aromatic carbocycles. The molecule has 7 nitrogen and oxygen atoms in total. The number of anilines is 1. The number of alkyl halides is 3. The first-order chi connectivity index (χ1) is 14.4. The van der Waals surface area contributed by atoms with Crippen LogP contribution in [0.5, 0.6) is 0 Å². The van der Waals surface area contributed by atoms with Crippen LogP contribution >= 0.6 is 0 Å². The van der Waals surface area contributed by atoms with Crippen molar-refractivity contribution in [3.8, 4) is 0 Å². The molecule has 2 aliphatic heterocycles. The molecular weight excluding hydrogens is 397 g/mol. The predicted octanol–water partition coefficient (Wildman–Crippen LogP) is 2.52. The van der Waals surface area contributed by atoms with Gasteiger partial charge in [0.05, 0.1) is 11.5 Å². The molecule has 4 heterocycles. The van der Waals surface area contributed by atoms with Gasteiger partial charge in [-0.05, 0) is 37.9 Å². The molecule has 2 saturated heterocycles. The topological polar surface area (TPSA) is 57.0 Å². The molecular formula is C20H27F3N6O. The molecule has 2 aromatic rings. The molecule has 0 unspecified atom stereocenters. The second-order valence-electron chi connectivity index (χ2n) is 8.10. The Labute approximate surface area is 173 Å². The van der Waals surface area contributed by atoms with E-state index < -0.39 is 11.7 Å². The second kappa shape index (κ2) is 8.41. The van der Waals surface area contributed by atoms with Crippen molar-refractivity contribution in [3.05, 3.63) is 23.9 Å². The number of carbonyl (C=O) groups excluding carboxylic acids is 1. The van der Waals surface area contributed by atoms with Crippen LogP contribution in [0, 0.1) is 5.92 Å². The van der Waals surface area contributed by atoms with Crippen molar-refractivity contribution in [2.45, 2.75) is 32.4 Å². The fraction of sp³-hybridized carbons (Fsp3) is 0.650. The van der Waals surface area contributed by atoms with E-state index in [9.17, 15) is 18.0 Å². The fourth-order valence-corrected chi connectivity index (χ4v) is 4.39. The minimum absolute atomic E-state index is 0.139. The maximum Gasteiger partial charge on any atom is 0.417 e. The van der Waals surface area contributed by atoms with E-state index in [2.05, 4.69) is 22.0 Å². The number of piperazine rings is 1. The lowest BCUT2D eigenvalue weighted by atomic mass is 9.96. The Morgan fingerprint density at radius 3 is 2.60 bits per heavy atom. The molecule has 164 valence electrons. The van der Waals surface area contributed by atoms with Crippen molar-refractivity contribution in [2.75, 3.05) is 50.7 Å². The number of amides is 1. The first-order valence-electron chi connectivity index (χ1n) is 10.5. The molecule has 2 aliphatic rings. The van der Waals surface area contributed by atoms with Crippen molar-refractivity contribution in [2.24, 2.45) is 5.92 Å². The molecule has 30 heavy (non-hydrogen) atoms. The lowest BCUT2D eigenvalue weighted by Gasteiger charge is -2.39. The minimum atomic E-state index is -4.43. The Hall–Kier alpha value is -2.36. The zero-order chi connectivity index (χ0) is 21.3. The summed E-state index contributed by atoms with van der Waals surface area (Å²) in [5, 5.41) is 8.12. The highest BCUT2D eigenvalue weighted by atomic mass is 19.4. The van der Waals surface area contributed by atoms with E-state index in [0.29, 0.717) is 24.7 Å². The van der Waals surface area contributed by atoms with Crippen LogP contribution in [-0.2, 0) is 11.0 Å². The van der Waals surface area contributed by atoms with Gasteiger partial charge in [0, 0.05) is 45.5 Å². The molecule has 0 N–H and O–H groups in total. The van der Waals surface area contributed by atoms with Gasteiger partial charge in [0.1, 0.15) is 0 Å². The first-order valence-corrected chi connectivity index (χ1v) is 10.5. The summed E-state index contributed by atoms with van der Waals surface area (Å²) in [5.41, 5.74) is -0.385. The van der Waals surface area contributed by atoms with Crippen LogP contribution in [0.1, 0.15) is 31.7 Å². The number of fused-ring (bicyclic) bond motifs is 1. The largest absolute Gasteiger partial charge is 0.417 e. The monoisotopic (exact) mass is 424 g/mol. The molecule has 0 aliphatic carbocycles. The van der Waals surface area contributed by atoms with Gasteiger partial charge in [0.2, 0.25) is 11.9 Å². The molecule has 0 radical (unpaired) electrons. The van der Waals surface area contributed by atoms with Crippen molar-refractivity contribution in [3.63, 3.8) is 0 Å². The lowest BCUT2D eigenvalue weighted by Crippen LogP contribution is -2.52. The summed E-state index contributed by atoms with van der Waals surface area (Å²) in [6.07, 6.45) is -0.720. The lowest BCUT2D eigenvalue weighted by molar-refractivity contribution is -0.138. The van der Waals surface area contributed by atoms with Crippen LogP contribution in [0.3, 0.4) is 0 Å². The summed E-state index contributed by atoms with van der Waals surface area (Å²) in [5.74, 6) is 0.330. The normalized spacial score (nSPS) is 21.4. The number of nitrogens with zero attached hydrogens (tertiary/aromatic N) is 6. The van der Waals surface area contributed by atoms with E-state index in [0.717, 1.165) is 64.2 Å². The summed E-state index contributed by atoms with van der Waals surface area (Å²) in [4.78, 5) is 19.3. The molecule has 0 saturated carbocycles. The third-order valence-corrected chi connectivity index (χ3v) is 5.99. The molecule has 0 spiro atoms. The number of pyridine rings is 1. The molecule has 0 bridgehead atoms. The van der Waals surface area contributed by atoms with E-state index in [1.165, 1.54) is 10.5 Å². The number of hydrogen-bond acceptors (Lipinski definition) is 5. The molecule has 10 heteroatoms. The van der Waals surface area contributed by atoms with Gasteiger partial charge < -0.3 is 9.80 Å². The Balaban J connectivity index is 1.47. The number of rotatable bonds is 4. The van der Waals surface area contributed by atoms with E-state index in [-0.39, 0.29) is 11.8 Å². The highest BCUT2D eigenvalue weighted by molar-refractivity contribution is 5.80. The molecule has 1 atom stereocenters. The van der Waals surface area contributed by atoms with Gasteiger partial charge in [-0.3, -0.25) is 14.1 Å². The third kappa shape index (κ3) is 4.23. The molecule has 2 aromatic heterocycles. The number of hydrogen-bond donors (Lipinski definition) is 0. The van der Waals surface area contributed by atoms with E-state index >= 15 is 0 Å². The van der Waals surface area contributed by atoms with Crippen molar-refractivity contribution < 1.29 is 18.0 Å². The van der Waals surface area contributed by atoms with Crippen LogP contribution < -0.4 is 4.90 Å². The van der Waals surface area contributed by atoms with Crippen LogP contribution in [0.25, 0.3) is 5.65 Å². The summed E-state index contributed by atoms with van der Waals surface area (Å²) >= 11 is 0. The van der Waals surface area contributed by atoms with Gasteiger partial charge in [-0.15, -0.1) is 10.2 Å². The Bertz CT molecular complexity index is 890. The van der Waals surface area contributed by atoms with E-state index in [4.69, 9.17) is 0 Å². The third-order valence-electron chi connectivity index (χ3n) is 5.99. The molecule has 2 fully saturated rings. The van der Waals surface area contributed by atoms with Gasteiger partial charge in [-0.25, -0.2) is 0 Å². The SMILES string of the molecule is CCCN1CCN(C(=O)[C@@H]2CCCN(c3nnc4ccc(C(F)(F)F)cn34)C2)CC1. The van der Waals surface area contributed by atoms with Crippen LogP contribution in [0.4, 0.5) is 19.1 Å². The summed E-state index contributed by atoms with van der Waals surface area (Å²) in [6, 6.07) is 2.33. The average molecular weight is 424 g/mol. The summed E-state index contributed by atoms with van der Waals surface area (Å²) in [6.45, 7) is 7.56. The van der Waals surface area contributed by atoms with E-state index in [1.807, 2.05) is 9.80 Å². The average Bonchev–Trinajstić information content (AvgIpc) is 3.17. The standard InChI is InChI=1S/C20H27F3N6O/c1-2-7-26-9-11-27(12-10-26)18(30)15-4-3-8-28(13-15)19-25-24-17-6-5-16(14-29(17)19)20(21,22)23/h5-6,14-15H,2-4,7-13H2,1H3/t15-/m1/s1. The molecule has 4 rings (SSSR count). The van der Waals surface area contributed by atoms with E-state index in [1.54, 1.807) is 0 Å². The predicted molar refractivity (Wildman–Crippen MR) is 106 cm³/mol. The Morgan fingerprint density at radius 2 is 1.90 bits per heavy atom. The first kappa shape index (κ1) is 20.9. The van der Waals surface area contributed by atoms with Crippen LogP contribution in [0.2, 0.25) is 0 Å². The number of piperidine rings is 1. The highest BCUT2D eigenvalue weighted by Crippen LogP contribution is 2.31. The summed E-state index contributed by atoms with van der Waals surface area (Å²) < 4.78 is 40.7. The highest BCUT2D eigenvalue weighted by Gasteiger charge is 2.34.